The van der Waals surface area contributed by atoms with Crippen LogP contribution in [0.5, 0.6) is 5.75 Å². The second-order valence-corrected chi connectivity index (χ2v) is 4.65. The van der Waals surface area contributed by atoms with Gasteiger partial charge in [0.25, 0.3) is 0 Å². The zero-order valence-electron chi connectivity index (χ0n) is 10.2. The van der Waals surface area contributed by atoms with E-state index in [1.807, 2.05) is 0 Å². The van der Waals surface area contributed by atoms with Gasteiger partial charge in [-0.05, 0) is 13.0 Å². The smallest absolute Gasteiger partial charge is 0.235 e. The Morgan fingerprint density at radius 1 is 1.42 bits per heavy atom. The number of rotatable bonds is 3. The molecule has 1 aromatic carbocycles. The third-order valence-corrected chi connectivity index (χ3v) is 3.61. The molecule has 0 spiro atoms. The molecular weight excluding hydrogens is 291 g/mol. The normalized spacial score (nSPS) is 11.4. The highest BCUT2D eigenvalue weighted by atomic mass is 35.5. The first-order chi connectivity index (χ1) is 8.95. The topological polar surface area (TPSA) is 68.2 Å². The minimum absolute atomic E-state index is 0.308. The summed E-state index contributed by atoms with van der Waals surface area (Å²) in [7, 11) is 1.48. The standard InChI is InChI=1S/C12H10Cl2N2O3/c1-6-7(3-4-16(17)18)8-5-9(19-2)10(13)11(14)12(8)15-6/h3-5,15H,1-2H3. The van der Waals surface area contributed by atoms with Gasteiger partial charge in [0.1, 0.15) is 10.8 Å². The zero-order valence-corrected chi connectivity index (χ0v) is 11.7. The molecule has 0 atom stereocenters. The predicted octanol–water partition coefficient (Wildman–Crippen LogP) is 4.04. The van der Waals surface area contributed by atoms with Crippen LogP contribution in [-0.2, 0) is 0 Å². The van der Waals surface area contributed by atoms with E-state index in [9.17, 15) is 10.1 Å². The van der Waals surface area contributed by atoms with E-state index >= 15 is 0 Å². The van der Waals surface area contributed by atoms with Crippen molar-refractivity contribution >= 4 is 40.2 Å². The minimum Gasteiger partial charge on any atom is -0.495 e. The van der Waals surface area contributed by atoms with Crippen LogP contribution in [0.1, 0.15) is 11.3 Å². The maximum absolute atomic E-state index is 10.4. The summed E-state index contributed by atoms with van der Waals surface area (Å²) in [4.78, 5) is 13.0. The zero-order chi connectivity index (χ0) is 14.2. The van der Waals surface area contributed by atoms with Gasteiger partial charge in [-0.2, -0.15) is 0 Å². The van der Waals surface area contributed by atoms with Crippen LogP contribution in [0.2, 0.25) is 10.0 Å². The molecule has 100 valence electrons. The van der Waals surface area contributed by atoms with Crippen LogP contribution in [0, 0.1) is 17.0 Å². The fourth-order valence-electron chi connectivity index (χ4n) is 1.89. The van der Waals surface area contributed by atoms with Crippen molar-refractivity contribution in [3.63, 3.8) is 0 Å². The monoisotopic (exact) mass is 300 g/mol. The summed E-state index contributed by atoms with van der Waals surface area (Å²) in [6.45, 7) is 1.80. The van der Waals surface area contributed by atoms with Gasteiger partial charge in [-0.25, -0.2) is 0 Å². The van der Waals surface area contributed by atoms with Crippen molar-refractivity contribution in [3.8, 4) is 5.75 Å². The van der Waals surface area contributed by atoms with Crippen molar-refractivity contribution in [3.05, 3.63) is 43.7 Å². The Hall–Kier alpha value is -1.72. The van der Waals surface area contributed by atoms with Crippen LogP contribution in [0.15, 0.2) is 12.3 Å². The summed E-state index contributed by atoms with van der Waals surface area (Å²) in [5.74, 6) is 0.425. The molecule has 0 aliphatic rings. The molecule has 7 heteroatoms. The number of methoxy groups -OCH3 is 1. The Balaban J connectivity index is 2.75. The molecule has 0 amide bonds. The van der Waals surface area contributed by atoms with Gasteiger partial charge in [0, 0.05) is 22.7 Å². The van der Waals surface area contributed by atoms with Crippen molar-refractivity contribution in [1.29, 1.82) is 0 Å². The van der Waals surface area contributed by atoms with E-state index in [0.29, 0.717) is 26.9 Å². The number of benzene rings is 1. The van der Waals surface area contributed by atoms with Gasteiger partial charge in [-0.15, -0.1) is 0 Å². The van der Waals surface area contributed by atoms with E-state index in [2.05, 4.69) is 4.98 Å². The highest BCUT2D eigenvalue weighted by Gasteiger charge is 2.16. The molecule has 0 saturated heterocycles. The quantitative estimate of drug-likeness (QED) is 0.687. The SMILES string of the molecule is COc1cc2c(C=C[N+](=O)[O-])c(C)[nH]c2c(Cl)c1Cl. The summed E-state index contributed by atoms with van der Waals surface area (Å²) in [6, 6.07) is 1.70. The van der Waals surface area contributed by atoms with E-state index < -0.39 is 4.92 Å². The summed E-state index contributed by atoms with van der Waals surface area (Å²) in [5, 5.41) is 11.8. The number of H-pyrrole nitrogens is 1. The van der Waals surface area contributed by atoms with Gasteiger partial charge in [-0.1, -0.05) is 23.2 Å². The van der Waals surface area contributed by atoms with Crippen molar-refractivity contribution in [2.24, 2.45) is 0 Å². The molecule has 2 rings (SSSR count). The van der Waals surface area contributed by atoms with Crippen LogP contribution in [0.25, 0.3) is 17.0 Å². The van der Waals surface area contributed by atoms with E-state index in [4.69, 9.17) is 27.9 Å². The number of aryl methyl sites for hydroxylation is 1. The lowest BCUT2D eigenvalue weighted by molar-refractivity contribution is -0.400. The molecule has 5 nitrogen and oxygen atoms in total. The fraction of sp³-hybridized carbons (Fsp3) is 0.167. The Kier molecular flexibility index (Phi) is 3.68. The Labute approximate surface area is 118 Å². The van der Waals surface area contributed by atoms with E-state index in [1.54, 1.807) is 13.0 Å². The van der Waals surface area contributed by atoms with Gasteiger partial charge >= 0.3 is 0 Å². The molecule has 19 heavy (non-hydrogen) atoms. The highest BCUT2D eigenvalue weighted by Crippen LogP contribution is 2.40. The first kappa shape index (κ1) is 13.7. The Morgan fingerprint density at radius 3 is 2.68 bits per heavy atom. The van der Waals surface area contributed by atoms with Crippen molar-refractivity contribution < 1.29 is 9.66 Å². The van der Waals surface area contributed by atoms with Crippen LogP contribution in [-0.4, -0.2) is 17.0 Å². The Bertz CT molecular complexity index is 692. The lowest BCUT2D eigenvalue weighted by Crippen LogP contribution is -1.86. The number of aromatic nitrogens is 1. The molecule has 0 fully saturated rings. The lowest BCUT2D eigenvalue weighted by Gasteiger charge is -2.05. The number of halogens is 2. The molecule has 0 saturated carbocycles. The molecule has 2 aromatic rings. The highest BCUT2D eigenvalue weighted by molar-refractivity contribution is 6.46. The number of nitro groups is 1. The van der Waals surface area contributed by atoms with Crippen LogP contribution in [0.3, 0.4) is 0 Å². The third-order valence-electron chi connectivity index (χ3n) is 2.76. The average Bonchev–Trinajstić information content (AvgIpc) is 2.67. The molecule has 1 aromatic heterocycles. The summed E-state index contributed by atoms with van der Waals surface area (Å²) < 4.78 is 5.14. The van der Waals surface area contributed by atoms with E-state index in [1.165, 1.54) is 13.2 Å². The van der Waals surface area contributed by atoms with Crippen LogP contribution < -0.4 is 4.74 Å². The number of fused-ring (bicyclic) bond motifs is 1. The number of nitrogens with zero attached hydrogens (tertiary/aromatic N) is 1. The number of ether oxygens (including phenoxy) is 1. The van der Waals surface area contributed by atoms with Crippen molar-refractivity contribution in [2.45, 2.75) is 6.92 Å². The molecule has 1 heterocycles. The number of nitrogens with one attached hydrogen (secondary N) is 1. The summed E-state index contributed by atoms with van der Waals surface area (Å²) >= 11 is 12.2. The van der Waals surface area contributed by atoms with Gasteiger partial charge in [-0.3, -0.25) is 10.1 Å². The maximum Gasteiger partial charge on any atom is 0.235 e. The first-order valence-electron chi connectivity index (χ1n) is 5.31. The molecule has 1 N–H and O–H groups in total. The Morgan fingerprint density at radius 2 is 2.11 bits per heavy atom. The predicted molar refractivity (Wildman–Crippen MR) is 75.6 cm³/mol. The first-order valence-corrected chi connectivity index (χ1v) is 6.07. The number of aromatic amines is 1. The lowest BCUT2D eigenvalue weighted by atomic mass is 10.1. The summed E-state index contributed by atoms with van der Waals surface area (Å²) in [5.41, 5.74) is 2.08. The molecule has 0 aliphatic heterocycles. The molecule has 0 aliphatic carbocycles. The van der Waals surface area contributed by atoms with Crippen molar-refractivity contribution in [1.82, 2.24) is 4.98 Å². The van der Waals surface area contributed by atoms with Gasteiger partial charge in [0.15, 0.2) is 0 Å². The third kappa shape index (κ3) is 2.39. The second kappa shape index (κ2) is 5.11. The number of hydrogen-bond acceptors (Lipinski definition) is 3. The number of hydrogen-bond donors (Lipinski definition) is 1. The molecular formula is C12H10Cl2N2O3. The maximum atomic E-state index is 10.4. The van der Waals surface area contributed by atoms with Gasteiger partial charge in [0.05, 0.1) is 22.6 Å². The summed E-state index contributed by atoms with van der Waals surface area (Å²) in [6.07, 6.45) is 2.29. The minimum atomic E-state index is -0.521. The second-order valence-electron chi connectivity index (χ2n) is 3.89. The van der Waals surface area contributed by atoms with Gasteiger partial charge < -0.3 is 9.72 Å². The van der Waals surface area contributed by atoms with Crippen LogP contribution >= 0.6 is 23.2 Å². The average molecular weight is 301 g/mol. The van der Waals surface area contributed by atoms with Gasteiger partial charge in [0.2, 0.25) is 6.20 Å². The molecule has 0 bridgehead atoms. The molecule has 0 radical (unpaired) electrons. The van der Waals surface area contributed by atoms with E-state index in [0.717, 1.165) is 17.3 Å². The van der Waals surface area contributed by atoms with Crippen LogP contribution in [0.4, 0.5) is 0 Å². The largest absolute Gasteiger partial charge is 0.495 e. The molecule has 0 unspecified atom stereocenters. The van der Waals surface area contributed by atoms with E-state index in [-0.39, 0.29) is 0 Å². The van der Waals surface area contributed by atoms with Crippen molar-refractivity contribution in [2.75, 3.05) is 7.11 Å². The fourth-order valence-corrected chi connectivity index (χ4v) is 2.36.